The fourth-order valence-electron chi connectivity index (χ4n) is 3.93. The molecule has 0 unspecified atom stereocenters. The first-order valence-corrected chi connectivity index (χ1v) is 9.00. The normalized spacial score (nSPS) is 25.8. The van der Waals surface area contributed by atoms with Gasteiger partial charge in [0, 0.05) is 25.2 Å². The van der Waals surface area contributed by atoms with Crippen molar-refractivity contribution in [1.82, 2.24) is 15.0 Å². The van der Waals surface area contributed by atoms with E-state index in [2.05, 4.69) is 25.6 Å². The van der Waals surface area contributed by atoms with Gasteiger partial charge in [-0.05, 0) is 46.5 Å². The molecule has 8 nitrogen and oxygen atoms in total. The number of carboxylic acid groups (broad SMARTS) is 1. The van der Waals surface area contributed by atoms with Gasteiger partial charge in [0.15, 0.2) is 0 Å². The number of carboxylic acids is 1. The van der Waals surface area contributed by atoms with Crippen molar-refractivity contribution >= 4 is 23.8 Å². The van der Waals surface area contributed by atoms with Crippen LogP contribution in [-0.4, -0.2) is 51.2 Å². The second-order valence-corrected chi connectivity index (χ2v) is 8.12. The predicted octanol–water partition coefficient (Wildman–Crippen LogP) is 2.20. The Morgan fingerprint density at radius 1 is 1.32 bits per heavy atom. The van der Waals surface area contributed by atoms with Gasteiger partial charge in [-0.15, -0.1) is 0 Å². The number of nitrogens with zero attached hydrogens (tertiary/aromatic N) is 4. The zero-order valence-corrected chi connectivity index (χ0v) is 15.5. The second kappa shape index (κ2) is 6.31. The van der Waals surface area contributed by atoms with E-state index in [-0.39, 0.29) is 11.5 Å². The van der Waals surface area contributed by atoms with Crippen molar-refractivity contribution in [3.05, 3.63) is 0 Å². The molecule has 0 spiro atoms. The summed E-state index contributed by atoms with van der Waals surface area (Å²) in [4.78, 5) is 27.4. The highest BCUT2D eigenvalue weighted by atomic mass is 16.4. The number of aromatic nitrogens is 3. The number of hydrogen-bond donors (Lipinski definition) is 3. The molecule has 0 amide bonds. The van der Waals surface area contributed by atoms with E-state index in [4.69, 9.17) is 0 Å². The standard InChI is InChI=1S/C17H28N6O2/c1-5-18-13-19-14(22-16(2,3)4)21-15(20-13)23-9-11-7-6-8-17(11,10-23)12(24)25/h11H,5-10H2,1-4H3,(H,24,25)(H2,18,19,20,21,22)/t11-,17+/m0/s1. The van der Waals surface area contributed by atoms with Crippen LogP contribution in [0.1, 0.15) is 47.0 Å². The summed E-state index contributed by atoms with van der Waals surface area (Å²) in [5, 5.41) is 16.2. The minimum Gasteiger partial charge on any atom is -0.481 e. The lowest BCUT2D eigenvalue weighted by Crippen LogP contribution is -2.36. The van der Waals surface area contributed by atoms with E-state index < -0.39 is 11.4 Å². The second-order valence-electron chi connectivity index (χ2n) is 8.12. The lowest BCUT2D eigenvalue weighted by atomic mass is 9.81. The zero-order valence-electron chi connectivity index (χ0n) is 15.5. The third-order valence-corrected chi connectivity index (χ3v) is 5.02. The van der Waals surface area contributed by atoms with Crippen LogP contribution in [0.4, 0.5) is 17.8 Å². The Bertz CT molecular complexity index is 659. The molecule has 3 rings (SSSR count). The Balaban J connectivity index is 1.90. The smallest absolute Gasteiger partial charge is 0.311 e. The lowest BCUT2D eigenvalue weighted by Gasteiger charge is -2.24. The molecule has 1 saturated heterocycles. The molecule has 3 N–H and O–H groups in total. The molecule has 0 radical (unpaired) electrons. The zero-order chi connectivity index (χ0) is 18.2. The Labute approximate surface area is 148 Å². The highest BCUT2D eigenvalue weighted by Gasteiger charge is 2.55. The quantitative estimate of drug-likeness (QED) is 0.744. The van der Waals surface area contributed by atoms with Crippen LogP contribution in [0.5, 0.6) is 0 Å². The largest absolute Gasteiger partial charge is 0.481 e. The van der Waals surface area contributed by atoms with Crippen molar-refractivity contribution in [3.8, 4) is 0 Å². The summed E-state index contributed by atoms with van der Waals surface area (Å²) in [6, 6.07) is 0. The number of nitrogens with one attached hydrogen (secondary N) is 2. The predicted molar refractivity (Wildman–Crippen MR) is 97.0 cm³/mol. The molecule has 25 heavy (non-hydrogen) atoms. The third-order valence-electron chi connectivity index (χ3n) is 5.02. The molecule has 1 aliphatic heterocycles. The highest BCUT2D eigenvalue weighted by Crippen LogP contribution is 2.49. The van der Waals surface area contributed by atoms with Crippen LogP contribution in [0.3, 0.4) is 0 Å². The minimum absolute atomic E-state index is 0.170. The van der Waals surface area contributed by atoms with Crippen LogP contribution in [0.2, 0.25) is 0 Å². The number of aliphatic carboxylic acids is 1. The van der Waals surface area contributed by atoms with Gasteiger partial charge >= 0.3 is 5.97 Å². The van der Waals surface area contributed by atoms with Gasteiger partial charge in [0.2, 0.25) is 17.8 Å². The van der Waals surface area contributed by atoms with Crippen molar-refractivity contribution in [1.29, 1.82) is 0 Å². The number of rotatable bonds is 5. The summed E-state index contributed by atoms with van der Waals surface area (Å²) in [7, 11) is 0. The molecule has 2 aliphatic rings. The summed E-state index contributed by atoms with van der Waals surface area (Å²) >= 11 is 0. The van der Waals surface area contributed by atoms with Crippen molar-refractivity contribution < 1.29 is 9.90 Å². The van der Waals surface area contributed by atoms with E-state index in [1.807, 2.05) is 32.6 Å². The fraction of sp³-hybridized carbons (Fsp3) is 0.765. The van der Waals surface area contributed by atoms with Crippen LogP contribution in [0.15, 0.2) is 0 Å². The summed E-state index contributed by atoms with van der Waals surface area (Å²) in [6.07, 6.45) is 2.68. The molecule has 1 aliphatic carbocycles. The van der Waals surface area contributed by atoms with Crippen LogP contribution >= 0.6 is 0 Å². The maximum atomic E-state index is 11.9. The molecular formula is C17H28N6O2. The maximum Gasteiger partial charge on any atom is 0.311 e. The SMILES string of the molecule is CCNc1nc(NC(C)(C)C)nc(N2C[C@@H]3CCC[C@@]3(C(=O)O)C2)n1. The monoisotopic (exact) mass is 348 g/mol. The number of anilines is 3. The first kappa shape index (κ1) is 17.7. The summed E-state index contributed by atoms with van der Waals surface area (Å²) in [6.45, 7) is 9.99. The van der Waals surface area contributed by atoms with Gasteiger partial charge < -0.3 is 20.6 Å². The van der Waals surface area contributed by atoms with Gasteiger partial charge in [-0.2, -0.15) is 15.0 Å². The van der Waals surface area contributed by atoms with E-state index in [1.165, 1.54) is 0 Å². The molecule has 0 bridgehead atoms. The van der Waals surface area contributed by atoms with Crippen molar-refractivity contribution in [2.45, 2.75) is 52.5 Å². The van der Waals surface area contributed by atoms with Gasteiger partial charge in [-0.25, -0.2) is 0 Å². The van der Waals surface area contributed by atoms with Crippen LogP contribution < -0.4 is 15.5 Å². The van der Waals surface area contributed by atoms with E-state index in [1.54, 1.807) is 0 Å². The fourth-order valence-corrected chi connectivity index (χ4v) is 3.93. The highest BCUT2D eigenvalue weighted by molar-refractivity contribution is 5.77. The van der Waals surface area contributed by atoms with E-state index >= 15 is 0 Å². The Hall–Kier alpha value is -2.12. The molecule has 0 aromatic carbocycles. The summed E-state index contributed by atoms with van der Waals surface area (Å²) < 4.78 is 0. The van der Waals surface area contributed by atoms with E-state index in [9.17, 15) is 9.90 Å². The molecule has 1 aromatic heterocycles. The van der Waals surface area contributed by atoms with Gasteiger partial charge in [0.25, 0.3) is 0 Å². The van der Waals surface area contributed by atoms with Crippen LogP contribution in [0, 0.1) is 11.3 Å². The van der Waals surface area contributed by atoms with Gasteiger partial charge in [-0.1, -0.05) is 6.42 Å². The van der Waals surface area contributed by atoms with Gasteiger partial charge in [-0.3, -0.25) is 4.79 Å². The molecule has 1 saturated carbocycles. The Morgan fingerprint density at radius 3 is 2.64 bits per heavy atom. The molecule has 2 heterocycles. The van der Waals surface area contributed by atoms with Crippen LogP contribution in [0.25, 0.3) is 0 Å². The first-order valence-electron chi connectivity index (χ1n) is 9.00. The van der Waals surface area contributed by atoms with E-state index in [0.717, 1.165) is 19.3 Å². The maximum absolute atomic E-state index is 11.9. The Kier molecular flexibility index (Phi) is 4.47. The Morgan fingerprint density at radius 2 is 2.04 bits per heavy atom. The third kappa shape index (κ3) is 3.48. The van der Waals surface area contributed by atoms with Gasteiger partial charge in [0.05, 0.1) is 5.41 Å². The average molecular weight is 348 g/mol. The van der Waals surface area contributed by atoms with Crippen molar-refractivity contribution in [2.75, 3.05) is 35.2 Å². The molecule has 2 atom stereocenters. The summed E-state index contributed by atoms with van der Waals surface area (Å²) in [5.41, 5.74) is -0.825. The number of fused-ring (bicyclic) bond motifs is 1. The molecular weight excluding hydrogens is 320 g/mol. The average Bonchev–Trinajstić information content (AvgIpc) is 3.03. The summed E-state index contributed by atoms with van der Waals surface area (Å²) in [5.74, 6) is 1.05. The van der Waals surface area contributed by atoms with Crippen molar-refractivity contribution in [3.63, 3.8) is 0 Å². The molecule has 8 heteroatoms. The molecule has 2 fully saturated rings. The molecule has 1 aromatic rings. The minimum atomic E-state index is -0.688. The van der Waals surface area contributed by atoms with Crippen molar-refractivity contribution in [2.24, 2.45) is 11.3 Å². The number of carbonyl (C=O) groups is 1. The first-order chi connectivity index (χ1) is 11.7. The topological polar surface area (TPSA) is 103 Å². The lowest BCUT2D eigenvalue weighted by molar-refractivity contribution is -0.149. The number of hydrogen-bond acceptors (Lipinski definition) is 7. The van der Waals surface area contributed by atoms with Gasteiger partial charge in [0.1, 0.15) is 0 Å². The van der Waals surface area contributed by atoms with Crippen LogP contribution in [-0.2, 0) is 4.79 Å². The molecule has 138 valence electrons. The van der Waals surface area contributed by atoms with E-state index in [0.29, 0.717) is 37.5 Å².